The number of aromatic amines is 1. The van der Waals surface area contributed by atoms with Crippen molar-refractivity contribution in [3.8, 4) is 0 Å². The van der Waals surface area contributed by atoms with Gasteiger partial charge in [0.1, 0.15) is 12.1 Å². The Bertz CT molecular complexity index is 1390. The lowest BCUT2D eigenvalue weighted by Gasteiger charge is -2.38. The number of benzene rings is 2. The summed E-state index contributed by atoms with van der Waals surface area (Å²) in [5.41, 5.74) is 4.59. The van der Waals surface area contributed by atoms with Gasteiger partial charge >= 0.3 is 0 Å². The molecule has 7 nitrogen and oxygen atoms in total. The quantitative estimate of drug-likeness (QED) is 0.450. The van der Waals surface area contributed by atoms with Crippen LogP contribution in [0.2, 0.25) is 0 Å². The van der Waals surface area contributed by atoms with Crippen LogP contribution in [0, 0.1) is 5.92 Å². The third-order valence-corrected chi connectivity index (χ3v) is 8.90. The number of fused-ring (bicyclic) bond motifs is 7. The molecule has 198 valence electrons. The summed E-state index contributed by atoms with van der Waals surface area (Å²) in [6.07, 6.45) is 6.60. The second kappa shape index (κ2) is 9.93. The third kappa shape index (κ3) is 4.08. The molecule has 0 bridgehead atoms. The fourth-order valence-corrected chi connectivity index (χ4v) is 6.63. The van der Waals surface area contributed by atoms with Gasteiger partial charge in [-0.15, -0.1) is 0 Å². The molecule has 3 aromatic rings. The summed E-state index contributed by atoms with van der Waals surface area (Å²) >= 11 is 0. The Morgan fingerprint density at radius 2 is 1.79 bits per heavy atom. The van der Waals surface area contributed by atoms with Gasteiger partial charge in [0.05, 0.1) is 6.04 Å². The molecule has 7 heteroatoms. The maximum Gasteiger partial charge on any atom is 0.255 e. The lowest BCUT2D eigenvalue weighted by atomic mass is 9.89. The number of aromatic nitrogens is 1. The number of rotatable bonds is 6. The van der Waals surface area contributed by atoms with E-state index in [2.05, 4.69) is 21.7 Å². The van der Waals surface area contributed by atoms with E-state index in [9.17, 15) is 14.4 Å². The summed E-state index contributed by atoms with van der Waals surface area (Å²) in [5.74, 6) is -0.550. The smallest absolute Gasteiger partial charge is 0.255 e. The molecule has 1 aromatic heterocycles. The molecular weight excluding hydrogens is 476 g/mol. The van der Waals surface area contributed by atoms with E-state index < -0.39 is 12.1 Å². The molecule has 0 saturated heterocycles. The number of carbonyl (C=O) groups excluding carboxylic acids is 3. The molecule has 1 fully saturated rings. The second-order valence-electron chi connectivity index (χ2n) is 11.2. The first kappa shape index (κ1) is 24.7. The molecule has 6 rings (SSSR count). The van der Waals surface area contributed by atoms with Crippen molar-refractivity contribution in [2.45, 2.75) is 83.0 Å². The van der Waals surface area contributed by atoms with Gasteiger partial charge in [0.25, 0.3) is 5.91 Å². The Labute approximate surface area is 223 Å². The Kier molecular flexibility index (Phi) is 6.46. The molecule has 3 heterocycles. The molecule has 2 aliphatic heterocycles. The van der Waals surface area contributed by atoms with Gasteiger partial charge in [-0.05, 0) is 42.0 Å². The largest absolute Gasteiger partial charge is 0.356 e. The predicted octanol–water partition coefficient (Wildman–Crippen LogP) is 4.62. The lowest BCUT2D eigenvalue weighted by molar-refractivity contribution is -0.133. The summed E-state index contributed by atoms with van der Waals surface area (Å²) in [6.45, 7) is 4.04. The van der Waals surface area contributed by atoms with Crippen LogP contribution >= 0.6 is 0 Å². The summed E-state index contributed by atoms with van der Waals surface area (Å²) in [6, 6.07) is 14.2. The summed E-state index contributed by atoms with van der Waals surface area (Å²) in [5, 5.41) is 7.39. The number of amides is 3. The first-order valence-electron chi connectivity index (χ1n) is 14.1. The Morgan fingerprint density at radius 1 is 1.05 bits per heavy atom. The van der Waals surface area contributed by atoms with Crippen LogP contribution in [0.1, 0.15) is 85.6 Å². The standard InChI is InChI=1S/C31H36N4O3/c1-3-18(2)26(30(37)32-19-11-5-4-6-12-19)34-29(36)25-17-23-20-13-9-10-16-24(20)33-27(23)28-21-14-7-8-15-22(21)31(38)35(25)28/h7-10,13-16,18-19,25-26,28,33H,3-6,11-12,17H2,1-2H3,(H,32,37)(H,34,36)/t18-,25-,26-,28+/m0/s1. The van der Waals surface area contributed by atoms with Gasteiger partial charge in [0.2, 0.25) is 11.8 Å². The van der Waals surface area contributed by atoms with Crippen LogP contribution in [0.3, 0.4) is 0 Å². The zero-order valence-corrected chi connectivity index (χ0v) is 22.1. The van der Waals surface area contributed by atoms with E-state index in [1.807, 2.05) is 56.3 Å². The molecular formula is C31H36N4O3. The van der Waals surface area contributed by atoms with Crippen LogP contribution in [0.25, 0.3) is 10.9 Å². The van der Waals surface area contributed by atoms with E-state index in [1.54, 1.807) is 4.90 Å². The number of carbonyl (C=O) groups is 3. The van der Waals surface area contributed by atoms with Crippen LogP contribution in [-0.2, 0) is 16.0 Å². The third-order valence-electron chi connectivity index (χ3n) is 8.90. The number of nitrogens with zero attached hydrogens (tertiary/aromatic N) is 1. The van der Waals surface area contributed by atoms with Crippen molar-refractivity contribution >= 4 is 28.6 Å². The van der Waals surface area contributed by atoms with Gasteiger partial charge in [-0.25, -0.2) is 0 Å². The molecule has 4 atom stereocenters. The minimum absolute atomic E-state index is 0.0305. The Morgan fingerprint density at radius 3 is 2.58 bits per heavy atom. The molecule has 0 spiro atoms. The number of hydrogen-bond acceptors (Lipinski definition) is 3. The molecule has 3 aliphatic rings. The molecule has 38 heavy (non-hydrogen) atoms. The first-order chi connectivity index (χ1) is 18.5. The van der Waals surface area contributed by atoms with Crippen LogP contribution < -0.4 is 10.6 Å². The average Bonchev–Trinajstić information content (AvgIpc) is 3.46. The number of nitrogens with one attached hydrogen (secondary N) is 3. The van der Waals surface area contributed by atoms with E-state index in [0.29, 0.717) is 12.0 Å². The van der Waals surface area contributed by atoms with Crippen LogP contribution in [0.4, 0.5) is 0 Å². The van der Waals surface area contributed by atoms with E-state index in [4.69, 9.17) is 0 Å². The van der Waals surface area contributed by atoms with Gasteiger partial charge in [-0.2, -0.15) is 0 Å². The second-order valence-corrected chi connectivity index (χ2v) is 11.2. The van der Waals surface area contributed by atoms with E-state index in [0.717, 1.165) is 59.8 Å². The highest BCUT2D eigenvalue weighted by Crippen LogP contribution is 2.46. The molecule has 3 amide bonds. The van der Waals surface area contributed by atoms with Crippen molar-refractivity contribution in [3.05, 3.63) is 70.9 Å². The number of H-pyrrole nitrogens is 1. The Balaban J connectivity index is 1.34. The van der Waals surface area contributed by atoms with Gasteiger partial charge in [-0.3, -0.25) is 14.4 Å². The molecule has 0 radical (unpaired) electrons. The molecule has 2 aromatic carbocycles. The van der Waals surface area contributed by atoms with Crippen molar-refractivity contribution < 1.29 is 14.4 Å². The predicted molar refractivity (Wildman–Crippen MR) is 147 cm³/mol. The molecule has 1 saturated carbocycles. The first-order valence-corrected chi connectivity index (χ1v) is 14.1. The van der Waals surface area contributed by atoms with Crippen molar-refractivity contribution in [1.29, 1.82) is 0 Å². The fourth-order valence-electron chi connectivity index (χ4n) is 6.63. The fraction of sp³-hybridized carbons (Fsp3) is 0.452. The highest BCUT2D eigenvalue weighted by molar-refractivity contribution is 6.04. The maximum atomic E-state index is 14.0. The summed E-state index contributed by atoms with van der Waals surface area (Å²) < 4.78 is 0. The van der Waals surface area contributed by atoms with Gasteiger partial charge < -0.3 is 20.5 Å². The SMILES string of the molecule is CC[C@H](C)[C@H](NC(=O)[C@@H]1Cc2c([nH]c3ccccc23)[C@H]2c3ccccc3C(=O)N21)C(=O)NC1CCCCC1. The Hall–Kier alpha value is -3.61. The molecule has 0 unspecified atom stereocenters. The van der Waals surface area contributed by atoms with E-state index in [-0.39, 0.29) is 35.7 Å². The van der Waals surface area contributed by atoms with Crippen LogP contribution in [-0.4, -0.2) is 45.7 Å². The van der Waals surface area contributed by atoms with Crippen LogP contribution in [0.5, 0.6) is 0 Å². The molecule has 3 N–H and O–H groups in total. The number of para-hydroxylation sites is 1. The normalized spacial score (nSPS) is 22.4. The minimum Gasteiger partial charge on any atom is -0.356 e. The van der Waals surface area contributed by atoms with Gasteiger partial charge in [0.15, 0.2) is 0 Å². The monoisotopic (exact) mass is 512 g/mol. The van der Waals surface area contributed by atoms with Crippen LogP contribution in [0.15, 0.2) is 48.5 Å². The highest BCUT2D eigenvalue weighted by Gasteiger charge is 2.49. The summed E-state index contributed by atoms with van der Waals surface area (Å²) in [7, 11) is 0. The van der Waals surface area contributed by atoms with E-state index >= 15 is 0 Å². The van der Waals surface area contributed by atoms with Crippen molar-refractivity contribution in [3.63, 3.8) is 0 Å². The highest BCUT2D eigenvalue weighted by atomic mass is 16.2. The minimum atomic E-state index is -0.708. The molecule has 1 aliphatic carbocycles. The number of hydrogen-bond donors (Lipinski definition) is 3. The van der Waals surface area contributed by atoms with Crippen molar-refractivity contribution in [2.75, 3.05) is 0 Å². The van der Waals surface area contributed by atoms with Gasteiger partial charge in [-0.1, -0.05) is 75.9 Å². The van der Waals surface area contributed by atoms with E-state index in [1.165, 1.54) is 6.42 Å². The lowest BCUT2D eigenvalue weighted by Crippen LogP contribution is -2.58. The van der Waals surface area contributed by atoms with Crippen molar-refractivity contribution in [1.82, 2.24) is 20.5 Å². The zero-order chi connectivity index (χ0) is 26.4. The topological polar surface area (TPSA) is 94.3 Å². The maximum absolute atomic E-state index is 14.0. The summed E-state index contributed by atoms with van der Waals surface area (Å²) in [4.78, 5) is 46.4. The zero-order valence-electron chi connectivity index (χ0n) is 22.1. The average molecular weight is 513 g/mol. The van der Waals surface area contributed by atoms with Gasteiger partial charge in [0, 0.05) is 34.6 Å². The van der Waals surface area contributed by atoms with Crippen molar-refractivity contribution in [2.24, 2.45) is 5.92 Å².